The zero-order valence-corrected chi connectivity index (χ0v) is 9.94. The van der Waals surface area contributed by atoms with E-state index in [0.29, 0.717) is 0 Å². The summed E-state index contributed by atoms with van der Waals surface area (Å²) in [6, 6.07) is 10.4. The van der Waals surface area contributed by atoms with Crippen molar-refractivity contribution in [1.29, 1.82) is 0 Å². The van der Waals surface area contributed by atoms with Gasteiger partial charge in [-0.2, -0.15) is 0 Å². The maximum Gasteiger partial charge on any atom is 0.135 e. The van der Waals surface area contributed by atoms with E-state index >= 15 is 0 Å². The molecule has 2 aromatic rings. The highest BCUT2D eigenvalue weighted by molar-refractivity contribution is 5.81. The Morgan fingerprint density at radius 2 is 1.75 bits per heavy atom. The number of nitrogens with zero attached hydrogens (tertiary/aromatic N) is 2. The Morgan fingerprint density at radius 1 is 1.06 bits per heavy atom. The Bertz CT molecular complexity index is 485. The third kappa shape index (κ3) is 2.22. The van der Waals surface area contributed by atoms with Crippen molar-refractivity contribution in [3.63, 3.8) is 0 Å². The topological polar surface area (TPSA) is 17.3 Å². The molecule has 1 aromatic carbocycles. The minimum atomic E-state index is 1.01. The lowest BCUT2D eigenvalue weighted by Gasteiger charge is -1.98. The van der Waals surface area contributed by atoms with Gasteiger partial charge in [-0.15, -0.1) is 0 Å². The van der Waals surface area contributed by atoms with Crippen LogP contribution in [0.15, 0.2) is 41.5 Å². The number of hydrogen-bond acceptors (Lipinski definition) is 1. The fourth-order valence-electron chi connectivity index (χ4n) is 1.63. The van der Waals surface area contributed by atoms with Gasteiger partial charge in [0.2, 0.25) is 0 Å². The van der Waals surface area contributed by atoms with Gasteiger partial charge in [-0.1, -0.05) is 29.8 Å². The Morgan fingerprint density at radius 3 is 2.31 bits per heavy atom. The molecule has 0 aliphatic heterocycles. The van der Waals surface area contributed by atoms with Crippen molar-refractivity contribution in [2.75, 3.05) is 0 Å². The summed E-state index contributed by atoms with van der Waals surface area (Å²) in [5.41, 5.74) is 3.60. The summed E-state index contributed by atoms with van der Waals surface area (Å²) in [5, 5.41) is 0. The van der Waals surface area contributed by atoms with E-state index in [1.807, 2.05) is 24.0 Å². The molecule has 0 atom stereocenters. The predicted octanol–water partition coefficient (Wildman–Crippen LogP) is 3.39. The van der Waals surface area contributed by atoms with Crippen molar-refractivity contribution in [2.45, 2.75) is 13.8 Å². The molecule has 0 radical (unpaired) electrons. The third-order valence-corrected chi connectivity index (χ3v) is 2.65. The van der Waals surface area contributed by atoms with Gasteiger partial charge >= 0.3 is 0 Å². The molecule has 0 fully saturated rings. The first-order valence-electron chi connectivity index (χ1n) is 5.39. The SMILES string of the molecule is Cc1ccc(C=Nc2c(C)ccn2C)cc1. The van der Waals surface area contributed by atoms with Crippen molar-refractivity contribution in [3.8, 4) is 0 Å². The molecule has 0 unspecified atom stereocenters. The van der Waals surface area contributed by atoms with Gasteiger partial charge in [-0.3, -0.25) is 0 Å². The quantitative estimate of drug-likeness (QED) is 0.679. The van der Waals surface area contributed by atoms with E-state index < -0.39 is 0 Å². The predicted molar refractivity (Wildman–Crippen MR) is 68.6 cm³/mol. The number of aromatic nitrogens is 1. The van der Waals surface area contributed by atoms with Crippen LogP contribution in [0.5, 0.6) is 0 Å². The smallest absolute Gasteiger partial charge is 0.135 e. The maximum atomic E-state index is 4.50. The van der Waals surface area contributed by atoms with Crippen molar-refractivity contribution in [2.24, 2.45) is 12.0 Å². The van der Waals surface area contributed by atoms with Crippen molar-refractivity contribution in [1.82, 2.24) is 4.57 Å². The molecule has 0 N–H and O–H groups in total. The molecule has 0 bridgehead atoms. The molecule has 0 amide bonds. The van der Waals surface area contributed by atoms with Gasteiger partial charge in [0, 0.05) is 19.5 Å². The van der Waals surface area contributed by atoms with E-state index in [2.05, 4.69) is 49.2 Å². The van der Waals surface area contributed by atoms with Crippen LogP contribution >= 0.6 is 0 Å². The van der Waals surface area contributed by atoms with Gasteiger partial charge in [0.15, 0.2) is 0 Å². The minimum Gasteiger partial charge on any atom is -0.336 e. The molecule has 2 rings (SSSR count). The third-order valence-electron chi connectivity index (χ3n) is 2.65. The number of hydrogen-bond donors (Lipinski definition) is 0. The molecule has 2 heteroatoms. The van der Waals surface area contributed by atoms with E-state index in [9.17, 15) is 0 Å². The average Bonchev–Trinajstić information content (AvgIpc) is 2.59. The Kier molecular flexibility index (Phi) is 2.91. The molecular weight excluding hydrogens is 196 g/mol. The molecule has 82 valence electrons. The second-order valence-corrected chi connectivity index (χ2v) is 4.10. The number of rotatable bonds is 2. The van der Waals surface area contributed by atoms with Crippen LogP contribution < -0.4 is 0 Å². The molecule has 2 nitrogen and oxygen atoms in total. The molecule has 0 aliphatic carbocycles. The second kappa shape index (κ2) is 4.35. The zero-order chi connectivity index (χ0) is 11.5. The Hall–Kier alpha value is -1.83. The summed E-state index contributed by atoms with van der Waals surface area (Å²) in [7, 11) is 2.01. The average molecular weight is 212 g/mol. The summed E-state index contributed by atoms with van der Waals surface area (Å²) in [6.45, 7) is 4.16. The first-order chi connectivity index (χ1) is 7.66. The summed E-state index contributed by atoms with van der Waals surface area (Å²) in [5.74, 6) is 1.01. The van der Waals surface area contributed by atoms with E-state index in [-0.39, 0.29) is 0 Å². The first-order valence-corrected chi connectivity index (χ1v) is 5.39. The lowest BCUT2D eigenvalue weighted by molar-refractivity contribution is 0.923. The maximum absolute atomic E-state index is 4.50. The van der Waals surface area contributed by atoms with Crippen LogP contribution in [0.4, 0.5) is 5.82 Å². The molecular formula is C14H16N2. The fourth-order valence-corrected chi connectivity index (χ4v) is 1.63. The van der Waals surface area contributed by atoms with Crippen LogP contribution in [-0.2, 0) is 7.05 Å². The molecule has 16 heavy (non-hydrogen) atoms. The number of aliphatic imine (C=N–C) groups is 1. The molecule has 0 saturated heterocycles. The van der Waals surface area contributed by atoms with Crippen LogP contribution in [-0.4, -0.2) is 10.8 Å². The molecule has 0 aliphatic rings. The van der Waals surface area contributed by atoms with E-state index in [1.165, 1.54) is 11.1 Å². The van der Waals surface area contributed by atoms with Crippen LogP contribution in [0.3, 0.4) is 0 Å². The monoisotopic (exact) mass is 212 g/mol. The van der Waals surface area contributed by atoms with Crippen LogP contribution in [0.1, 0.15) is 16.7 Å². The highest BCUT2D eigenvalue weighted by Gasteiger charge is 1.98. The molecule has 1 aromatic heterocycles. The normalized spacial score (nSPS) is 11.2. The second-order valence-electron chi connectivity index (χ2n) is 4.10. The lowest BCUT2D eigenvalue weighted by atomic mass is 10.2. The van der Waals surface area contributed by atoms with Gasteiger partial charge in [0.25, 0.3) is 0 Å². The zero-order valence-electron chi connectivity index (χ0n) is 9.94. The van der Waals surface area contributed by atoms with E-state index in [0.717, 1.165) is 11.4 Å². The van der Waals surface area contributed by atoms with Crippen molar-refractivity contribution >= 4 is 12.0 Å². The van der Waals surface area contributed by atoms with Gasteiger partial charge in [0.1, 0.15) is 5.82 Å². The fraction of sp³-hybridized carbons (Fsp3) is 0.214. The van der Waals surface area contributed by atoms with Crippen LogP contribution in [0.25, 0.3) is 0 Å². The largest absolute Gasteiger partial charge is 0.336 e. The van der Waals surface area contributed by atoms with E-state index in [4.69, 9.17) is 0 Å². The Labute approximate surface area is 96.3 Å². The first kappa shape index (κ1) is 10.7. The number of benzene rings is 1. The van der Waals surface area contributed by atoms with Gasteiger partial charge in [0.05, 0.1) is 0 Å². The summed E-state index contributed by atoms with van der Waals surface area (Å²) >= 11 is 0. The highest BCUT2D eigenvalue weighted by Crippen LogP contribution is 2.18. The standard InChI is InChI=1S/C14H16N2/c1-11-4-6-13(7-5-11)10-15-14-12(2)8-9-16(14)3/h4-10H,1-3H3. The number of aryl methyl sites for hydroxylation is 3. The van der Waals surface area contributed by atoms with Crippen molar-refractivity contribution < 1.29 is 0 Å². The van der Waals surface area contributed by atoms with Gasteiger partial charge < -0.3 is 4.57 Å². The van der Waals surface area contributed by atoms with Crippen LogP contribution in [0, 0.1) is 13.8 Å². The minimum absolute atomic E-state index is 1.01. The lowest BCUT2D eigenvalue weighted by Crippen LogP contribution is -1.86. The molecule has 0 spiro atoms. The molecule has 1 heterocycles. The Balaban J connectivity index is 2.24. The summed E-state index contributed by atoms with van der Waals surface area (Å²) in [4.78, 5) is 4.50. The molecule has 0 saturated carbocycles. The van der Waals surface area contributed by atoms with Gasteiger partial charge in [-0.25, -0.2) is 4.99 Å². The van der Waals surface area contributed by atoms with Crippen LogP contribution in [0.2, 0.25) is 0 Å². The summed E-state index contributed by atoms with van der Waals surface area (Å²) < 4.78 is 2.03. The summed E-state index contributed by atoms with van der Waals surface area (Å²) in [6.07, 6.45) is 3.93. The highest BCUT2D eigenvalue weighted by atomic mass is 15.0. The van der Waals surface area contributed by atoms with Crippen molar-refractivity contribution in [3.05, 3.63) is 53.2 Å². The van der Waals surface area contributed by atoms with Gasteiger partial charge in [-0.05, 0) is 31.0 Å². The van der Waals surface area contributed by atoms with E-state index in [1.54, 1.807) is 0 Å².